The third-order valence-electron chi connectivity index (χ3n) is 6.40. The number of hydrogen-bond acceptors (Lipinski definition) is 4. The van der Waals surface area contributed by atoms with E-state index in [1.165, 1.54) is 17.0 Å². The van der Waals surface area contributed by atoms with Crippen LogP contribution in [0.4, 0.5) is 13.2 Å². The third-order valence-corrected chi connectivity index (χ3v) is 6.73. The van der Waals surface area contributed by atoms with E-state index in [4.69, 9.17) is 16.9 Å². The van der Waals surface area contributed by atoms with E-state index in [2.05, 4.69) is 5.32 Å². The number of halogens is 4. The van der Waals surface area contributed by atoms with Gasteiger partial charge in [0.25, 0.3) is 11.8 Å². The highest BCUT2D eigenvalue weighted by Gasteiger charge is 2.47. The average molecular weight is 505 g/mol. The van der Waals surface area contributed by atoms with Crippen molar-refractivity contribution in [3.63, 3.8) is 0 Å². The Morgan fingerprint density at radius 3 is 2.37 bits per heavy atom. The van der Waals surface area contributed by atoms with Crippen molar-refractivity contribution in [2.75, 3.05) is 32.7 Å². The molecule has 0 radical (unpaired) electrons. The Morgan fingerprint density at radius 1 is 1.11 bits per heavy atom. The third kappa shape index (κ3) is 5.77. The molecule has 1 N–H and O–H groups in total. The van der Waals surface area contributed by atoms with E-state index in [9.17, 15) is 22.8 Å². The zero-order valence-electron chi connectivity index (χ0n) is 18.8. The van der Waals surface area contributed by atoms with E-state index < -0.39 is 42.1 Å². The van der Waals surface area contributed by atoms with Crippen molar-refractivity contribution in [2.24, 2.45) is 5.92 Å². The Hall–Kier alpha value is -3.09. The molecule has 10 heteroatoms. The fourth-order valence-corrected chi connectivity index (χ4v) is 4.43. The summed E-state index contributed by atoms with van der Waals surface area (Å²) in [6, 6.07) is 11.1. The molecule has 2 aromatic carbocycles. The van der Waals surface area contributed by atoms with Gasteiger partial charge >= 0.3 is 0 Å². The number of amides is 2. The molecule has 2 fully saturated rings. The SMILES string of the molecule is N#Cc1ccc([C@H](C(=O)NCC(F)(F)C2CC2)N2CCN(C(=O)c3cc(F)ccc3Cl)CC2)cc1. The second-order valence-electron chi connectivity index (χ2n) is 8.84. The fourth-order valence-electron chi connectivity index (χ4n) is 4.23. The van der Waals surface area contributed by atoms with Gasteiger partial charge in [-0.05, 0) is 48.7 Å². The predicted octanol–water partition coefficient (Wildman–Crippen LogP) is 4.01. The van der Waals surface area contributed by atoms with Gasteiger partial charge in [-0.2, -0.15) is 5.26 Å². The van der Waals surface area contributed by atoms with Crippen molar-refractivity contribution in [2.45, 2.75) is 24.8 Å². The summed E-state index contributed by atoms with van der Waals surface area (Å²) in [6.07, 6.45) is 0.903. The molecule has 0 unspecified atom stereocenters. The van der Waals surface area contributed by atoms with Gasteiger partial charge in [0.1, 0.15) is 11.9 Å². The quantitative estimate of drug-likeness (QED) is 0.618. The monoisotopic (exact) mass is 504 g/mol. The molecule has 1 saturated heterocycles. The minimum absolute atomic E-state index is 0.0591. The number of hydrogen-bond donors (Lipinski definition) is 1. The summed E-state index contributed by atoms with van der Waals surface area (Å²) < 4.78 is 42.0. The first-order chi connectivity index (χ1) is 16.7. The zero-order valence-corrected chi connectivity index (χ0v) is 19.6. The summed E-state index contributed by atoms with van der Waals surface area (Å²) in [5, 5.41) is 11.6. The van der Waals surface area contributed by atoms with Gasteiger partial charge < -0.3 is 10.2 Å². The molecule has 1 saturated carbocycles. The van der Waals surface area contributed by atoms with Crippen LogP contribution in [0.2, 0.25) is 5.02 Å². The lowest BCUT2D eigenvalue weighted by Crippen LogP contribution is -2.53. The Kier molecular flexibility index (Phi) is 7.33. The normalized spacial score (nSPS) is 17.5. The fraction of sp³-hybridized carbons (Fsp3) is 0.400. The van der Waals surface area contributed by atoms with Crippen LogP contribution in [0.5, 0.6) is 0 Å². The number of nitrogens with zero attached hydrogens (tertiary/aromatic N) is 3. The predicted molar refractivity (Wildman–Crippen MR) is 123 cm³/mol. The highest BCUT2D eigenvalue weighted by molar-refractivity contribution is 6.33. The molecule has 4 rings (SSSR count). The van der Waals surface area contributed by atoms with E-state index in [-0.39, 0.29) is 36.8 Å². The first-order valence-corrected chi connectivity index (χ1v) is 11.7. The van der Waals surface area contributed by atoms with Crippen molar-refractivity contribution >= 4 is 23.4 Å². The molecular formula is C25H24ClF3N4O2. The van der Waals surface area contributed by atoms with Crippen LogP contribution in [0.15, 0.2) is 42.5 Å². The molecule has 0 aromatic heterocycles. The lowest BCUT2D eigenvalue weighted by molar-refractivity contribution is -0.129. The number of benzene rings is 2. The summed E-state index contributed by atoms with van der Waals surface area (Å²) in [7, 11) is 0. The van der Waals surface area contributed by atoms with Gasteiger partial charge in [0, 0.05) is 32.1 Å². The molecule has 1 atom stereocenters. The van der Waals surface area contributed by atoms with Crippen molar-refractivity contribution in [1.29, 1.82) is 5.26 Å². The molecule has 35 heavy (non-hydrogen) atoms. The summed E-state index contributed by atoms with van der Waals surface area (Å²) in [6.45, 7) is 0.319. The standard InChI is InChI=1S/C25H24ClF3N4O2/c26-21-8-7-19(27)13-20(21)24(35)33-11-9-32(10-12-33)22(17-3-1-16(14-30)2-4-17)23(34)31-15-25(28,29)18-5-6-18/h1-4,7-8,13,18,22H,5-6,9-12,15H2,(H,31,34)/t22-/m1/s1. The second-order valence-corrected chi connectivity index (χ2v) is 9.25. The van der Waals surface area contributed by atoms with Crippen LogP contribution in [-0.2, 0) is 4.79 Å². The number of rotatable bonds is 7. The van der Waals surface area contributed by atoms with Crippen LogP contribution in [0, 0.1) is 23.1 Å². The van der Waals surface area contributed by atoms with Crippen LogP contribution in [-0.4, -0.2) is 60.3 Å². The molecule has 1 heterocycles. The average Bonchev–Trinajstić information content (AvgIpc) is 3.71. The Bertz CT molecular complexity index is 1140. The van der Waals surface area contributed by atoms with Crippen molar-refractivity contribution in [1.82, 2.24) is 15.1 Å². The summed E-state index contributed by atoms with van der Waals surface area (Å²) in [5.41, 5.74) is 1.03. The van der Waals surface area contributed by atoms with Gasteiger partial charge in [-0.15, -0.1) is 0 Å². The maximum Gasteiger partial charge on any atom is 0.267 e. The minimum atomic E-state index is -2.96. The van der Waals surface area contributed by atoms with Crippen molar-refractivity contribution in [3.05, 3.63) is 70.0 Å². The van der Waals surface area contributed by atoms with Crippen LogP contribution < -0.4 is 5.32 Å². The molecule has 0 spiro atoms. The largest absolute Gasteiger partial charge is 0.348 e. The molecule has 184 valence electrons. The molecule has 2 aliphatic rings. The molecule has 0 bridgehead atoms. The molecular weight excluding hydrogens is 481 g/mol. The molecule has 6 nitrogen and oxygen atoms in total. The van der Waals surface area contributed by atoms with Gasteiger partial charge in [0.15, 0.2) is 0 Å². The zero-order chi connectivity index (χ0) is 25.2. The van der Waals surface area contributed by atoms with Crippen molar-refractivity contribution < 1.29 is 22.8 Å². The van der Waals surface area contributed by atoms with Gasteiger partial charge in [0.2, 0.25) is 5.91 Å². The maximum absolute atomic E-state index is 14.2. The number of piperazine rings is 1. The Morgan fingerprint density at radius 2 is 1.77 bits per heavy atom. The molecule has 1 aliphatic heterocycles. The van der Waals surface area contributed by atoms with Crippen LogP contribution in [0.25, 0.3) is 0 Å². The molecule has 2 amide bonds. The Balaban J connectivity index is 1.48. The lowest BCUT2D eigenvalue weighted by Gasteiger charge is -2.39. The number of nitrogens with one attached hydrogen (secondary N) is 1. The number of alkyl halides is 2. The molecule has 2 aromatic rings. The highest BCUT2D eigenvalue weighted by atomic mass is 35.5. The summed E-state index contributed by atoms with van der Waals surface area (Å²) in [4.78, 5) is 29.3. The summed E-state index contributed by atoms with van der Waals surface area (Å²) in [5.74, 6) is -5.21. The van der Waals surface area contributed by atoms with Crippen LogP contribution in [0.1, 0.15) is 40.4 Å². The highest BCUT2D eigenvalue weighted by Crippen LogP contribution is 2.43. The van der Waals surface area contributed by atoms with E-state index >= 15 is 0 Å². The van der Waals surface area contributed by atoms with E-state index in [1.54, 1.807) is 24.3 Å². The first-order valence-electron chi connectivity index (χ1n) is 11.3. The van der Waals surface area contributed by atoms with E-state index in [1.807, 2.05) is 11.0 Å². The van der Waals surface area contributed by atoms with E-state index in [0.717, 1.165) is 6.07 Å². The van der Waals surface area contributed by atoms with Gasteiger partial charge in [0.05, 0.1) is 28.8 Å². The van der Waals surface area contributed by atoms with Crippen molar-refractivity contribution in [3.8, 4) is 6.07 Å². The second kappa shape index (κ2) is 10.3. The van der Waals surface area contributed by atoms with Crippen LogP contribution in [0.3, 0.4) is 0 Å². The Labute approximate surface area is 206 Å². The van der Waals surface area contributed by atoms with Gasteiger partial charge in [-0.3, -0.25) is 14.5 Å². The summed E-state index contributed by atoms with van der Waals surface area (Å²) >= 11 is 6.07. The molecule has 1 aliphatic carbocycles. The smallest absolute Gasteiger partial charge is 0.267 e. The minimum Gasteiger partial charge on any atom is -0.348 e. The van der Waals surface area contributed by atoms with E-state index in [0.29, 0.717) is 24.0 Å². The van der Waals surface area contributed by atoms with Crippen LogP contribution >= 0.6 is 11.6 Å². The lowest BCUT2D eigenvalue weighted by atomic mass is 10.0. The maximum atomic E-state index is 14.2. The number of carbonyl (C=O) groups is 2. The van der Waals surface area contributed by atoms with Gasteiger partial charge in [-0.1, -0.05) is 23.7 Å². The number of nitriles is 1. The van der Waals surface area contributed by atoms with Gasteiger partial charge in [-0.25, -0.2) is 13.2 Å². The number of carbonyl (C=O) groups excluding carboxylic acids is 2. The first kappa shape index (κ1) is 25.0. The topological polar surface area (TPSA) is 76.4 Å².